The van der Waals surface area contributed by atoms with Gasteiger partial charge in [0.1, 0.15) is 11.9 Å². The zero-order valence-corrected chi connectivity index (χ0v) is 12.1. The lowest BCUT2D eigenvalue weighted by atomic mass is 10.2. The minimum atomic E-state index is -0.255. The number of hydrogen-bond acceptors (Lipinski definition) is 6. The highest BCUT2D eigenvalue weighted by Gasteiger charge is 2.17. The molecule has 3 heterocycles. The molecule has 0 spiro atoms. The van der Waals surface area contributed by atoms with Crippen molar-refractivity contribution < 1.29 is 4.79 Å². The predicted octanol–water partition coefficient (Wildman–Crippen LogP) is -0.119. The van der Waals surface area contributed by atoms with Crippen molar-refractivity contribution in [2.75, 3.05) is 6.54 Å². The first-order valence-electron chi connectivity index (χ1n) is 6.71. The second-order valence-corrected chi connectivity index (χ2v) is 4.94. The number of nitrogens with one attached hydrogen (secondary N) is 2. The Morgan fingerprint density at radius 1 is 1.45 bits per heavy atom. The van der Waals surface area contributed by atoms with Gasteiger partial charge in [0.2, 0.25) is 0 Å². The van der Waals surface area contributed by atoms with Gasteiger partial charge in [-0.25, -0.2) is 0 Å². The van der Waals surface area contributed by atoms with Gasteiger partial charge in [0, 0.05) is 12.7 Å². The zero-order chi connectivity index (χ0) is 15.5. The van der Waals surface area contributed by atoms with Gasteiger partial charge in [-0.15, -0.1) is 5.10 Å². The van der Waals surface area contributed by atoms with Crippen LogP contribution in [0.2, 0.25) is 0 Å². The molecule has 10 nitrogen and oxygen atoms in total. The third-order valence-electron chi connectivity index (χ3n) is 3.18. The van der Waals surface area contributed by atoms with Crippen LogP contribution < -0.4 is 5.32 Å². The molecule has 0 saturated carbocycles. The SMILES string of the molecule is Cc1cnn([C@H](C)CNC(=O)c2cn[nH]c2-n2cnnn2)c1. The van der Waals surface area contributed by atoms with Crippen LogP contribution >= 0.6 is 0 Å². The number of aromatic nitrogens is 8. The van der Waals surface area contributed by atoms with Crippen molar-refractivity contribution in [2.24, 2.45) is 0 Å². The number of rotatable bonds is 5. The van der Waals surface area contributed by atoms with Crippen LogP contribution in [0.4, 0.5) is 0 Å². The number of hydrogen-bond donors (Lipinski definition) is 2. The molecule has 0 radical (unpaired) electrons. The monoisotopic (exact) mass is 301 g/mol. The van der Waals surface area contributed by atoms with Gasteiger partial charge in [-0.2, -0.15) is 14.9 Å². The van der Waals surface area contributed by atoms with Gasteiger partial charge in [0.15, 0.2) is 5.82 Å². The van der Waals surface area contributed by atoms with Gasteiger partial charge in [-0.3, -0.25) is 14.6 Å². The topological polar surface area (TPSA) is 119 Å². The molecule has 0 bridgehead atoms. The van der Waals surface area contributed by atoms with E-state index in [1.54, 1.807) is 6.20 Å². The molecule has 3 aromatic heterocycles. The van der Waals surface area contributed by atoms with Crippen molar-refractivity contribution in [3.63, 3.8) is 0 Å². The number of aryl methyl sites for hydroxylation is 1. The highest BCUT2D eigenvalue weighted by molar-refractivity contribution is 5.96. The molecule has 0 aliphatic heterocycles. The van der Waals surface area contributed by atoms with Crippen molar-refractivity contribution in [3.8, 4) is 5.82 Å². The van der Waals surface area contributed by atoms with E-state index in [-0.39, 0.29) is 11.9 Å². The lowest BCUT2D eigenvalue weighted by Gasteiger charge is -2.13. The van der Waals surface area contributed by atoms with Gasteiger partial charge in [-0.1, -0.05) is 0 Å². The number of amides is 1. The number of aromatic amines is 1. The molecule has 0 unspecified atom stereocenters. The molecule has 114 valence electrons. The molecular weight excluding hydrogens is 286 g/mol. The summed E-state index contributed by atoms with van der Waals surface area (Å²) >= 11 is 0. The Bertz CT molecular complexity index is 757. The largest absolute Gasteiger partial charge is 0.350 e. The molecular formula is C12H15N9O. The molecule has 0 aliphatic carbocycles. The van der Waals surface area contributed by atoms with Crippen LogP contribution in [0.5, 0.6) is 0 Å². The average molecular weight is 301 g/mol. The van der Waals surface area contributed by atoms with Gasteiger partial charge in [0.25, 0.3) is 5.91 Å². The minimum absolute atomic E-state index is 0.0426. The summed E-state index contributed by atoms with van der Waals surface area (Å²) in [5.41, 5.74) is 1.45. The van der Waals surface area contributed by atoms with E-state index in [1.165, 1.54) is 17.2 Å². The molecule has 22 heavy (non-hydrogen) atoms. The zero-order valence-electron chi connectivity index (χ0n) is 12.1. The second-order valence-electron chi connectivity index (χ2n) is 4.94. The summed E-state index contributed by atoms with van der Waals surface area (Å²) in [7, 11) is 0. The van der Waals surface area contributed by atoms with Crippen molar-refractivity contribution in [1.82, 2.24) is 45.5 Å². The summed E-state index contributed by atoms with van der Waals surface area (Å²) in [6, 6.07) is 0.0426. The lowest BCUT2D eigenvalue weighted by molar-refractivity contribution is 0.0948. The van der Waals surface area contributed by atoms with E-state index < -0.39 is 0 Å². The van der Waals surface area contributed by atoms with Gasteiger partial charge < -0.3 is 5.32 Å². The highest BCUT2D eigenvalue weighted by atomic mass is 16.1. The van der Waals surface area contributed by atoms with E-state index in [9.17, 15) is 4.79 Å². The van der Waals surface area contributed by atoms with Crippen LogP contribution in [0.15, 0.2) is 24.9 Å². The predicted molar refractivity (Wildman–Crippen MR) is 75.3 cm³/mol. The molecule has 2 N–H and O–H groups in total. The van der Waals surface area contributed by atoms with Crippen molar-refractivity contribution in [2.45, 2.75) is 19.9 Å². The van der Waals surface area contributed by atoms with Crippen LogP contribution in [0.3, 0.4) is 0 Å². The van der Waals surface area contributed by atoms with E-state index in [0.717, 1.165) is 5.56 Å². The molecule has 1 atom stereocenters. The molecule has 1 amide bonds. The van der Waals surface area contributed by atoms with Gasteiger partial charge in [0.05, 0.1) is 18.4 Å². The Labute approximate surface area is 125 Å². The molecule has 3 rings (SSSR count). The van der Waals surface area contributed by atoms with Crippen LogP contribution in [0.1, 0.15) is 28.9 Å². The number of tetrazole rings is 1. The van der Waals surface area contributed by atoms with Crippen LogP contribution in [0, 0.1) is 6.92 Å². The van der Waals surface area contributed by atoms with Gasteiger partial charge in [-0.05, 0) is 29.8 Å². The number of carbonyl (C=O) groups is 1. The normalized spacial score (nSPS) is 12.3. The van der Waals surface area contributed by atoms with Crippen LogP contribution in [-0.4, -0.2) is 52.6 Å². The summed E-state index contributed by atoms with van der Waals surface area (Å²) in [5.74, 6) is 0.167. The summed E-state index contributed by atoms with van der Waals surface area (Å²) in [5, 5.41) is 24.5. The van der Waals surface area contributed by atoms with Crippen molar-refractivity contribution >= 4 is 5.91 Å². The summed E-state index contributed by atoms with van der Waals surface area (Å²) in [6.07, 6.45) is 6.54. The van der Waals surface area contributed by atoms with Gasteiger partial charge >= 0.3 is 0 Å². The van der Waals surface area contributed by atoms with E-state index in [1.807, 2.05) is 24.7 Å². The first-order valence-corrected chi connectivity index (χ1v) is 6.71. The summed E-state index contributed by atoms with van der Waals surface area (Å²) in [6.45, 7) is 4.39. The van der Waals surface area contributed by atoms with Crippen LogP contribution in [0.25, 0.3) is 5.82 Å². The van der Waals surface area contributed by atoms with E-state index in [4.69, 9.17) is 0 Å². The Morgan fingerprint density at radius 3 is 3.00 bits per heavy atom. The molecule has 0 fully saturated rings. The van der Waals surface area contributed by atoms with Crippen molar-refractivity contribution in [3.05, 3.63) is 36.0 Å². The Balaban J connectivity index is 1.67. The third-order valence-corrected chi connectivity index (χ3v) is 3.18. The Kier molecular flexibility index (Phi) is 3.64. The molecule has 0 aliphatic rings. The number of H-pyrrole nitrogens is 1. The minimum Gasteiger partial charge on any atom is -0.350 e. The lowest BCUT2D eigenvalue weighted by Crippen LogP contribution is -2.30. The molecule has 3 aromatic rings. The molecule has 0 aromatic carbocycles. The highest BCUT2D eigenvalue weighted by Crippen LogP contribution is 2.09. The quantitative estimate of drug-likeness (QED) is 0.678. The first kappa shape index (κ1) is 13.9. The molecule has 10 heteroatoms. The maximum Gasteiger partial charge on any atom is 0.256 e. The number of carbonyl (C=O) groups excluding carboxylic acids is 1. The Hall–Kier alpha value is -3.04. The standard InChI is InChI=1S/C12H15N9O/c1-8-3-16-20(6-8)9(2)4-13-12(22)10-5-14-17-11(10)21-7-15-18-19-21/h3,5-7,9H,4H2,1-2H3,(H,13,22)(H,14,17)/t9-/m1/s1. The fourth-order valence-corrected chi connectivity index (χ4v) is 1.99. The smallest absolute Gasteiger partial charge is 0.256 e. The fourth-order valence-electron chi connectivity index (χ4n) is 1.99. The summed E-state index contributed by atoms with van der Waals surface area (Å²) in [4.78, 5) is 12.3. The average Bonchev–Trinajstić information content (AvgIpc) is 3.23. The van der Waals surface area contributed by atoms with Crippen LogP contribution in [-0.2, 0) is 0 Å². The fraction of sp³-hybridized carbons (Fsp3) is 0.333. The maximum absolute atomic E-state index is 12.3. The molecule has 0 saturated heterocycles. The number of nitrogens with zero attached hydrogens (tertiary/aromatic N) is 7. The second kappa shape index (κ2) is 5.76. The third kappa shape index (κ3) is 2.71. The summed E-state index contributed by atoms with van der Waals surface area (Å²) < 4.78 is 3.16. The van der Waals surface area contributed by atoms with E-state index in [0.29, 0.717) is 17.9 Å². The maximum atomic E-state index is 12.3. The van der Waals surface area contributed by atoms with E-state index >= 15 is 0 Å². The first-order chi connectivity index (χ1) is 10.6. The Morgan fingerprint density at radius 2 is 2.32 bits per heavy atom. The van der Waals surface area contributed by atoms with Crippen molar-refractivity contribution in [1.29, 1.82) is 0 Å². The van der Waals surface area contributed by atoms with E-state index in [2.05, 4.69) is 36.1 Å².